The number of allylic oxidation sites excluding steroid dienone is 4. The molecule has 0 saturated heterocycles. The van der Waals surface area contributed by atoms with Crippen LogP contribution in [0.25, 0.3) is 16.5 Å². The highest BCUT2D eigenvalue weighted by Crippen LogP contribution is 2.29. The summed E-state index contributed by atoms with van der Waals surface area (Å²) in [7, 11) is 0. The van der Waals surface area contributed by atoms with Crippen LogP contribution in [-0.4, -0.2) is 0 Å². The van der Waals surface area contributed by atoms with Gasteiger partial charge >= 0.3 is 0 Å². The standard InChI is InChI=1S/C15H10N2S/c16-8-11-6-12-9-18-10-14(12)13(7-11)15-4-2-1-3-5-17-15/h1-7,9-10,17H. The van der Waals surface area contributed by atoms with E-state index in [1.807, 2.05) is 42.6 Å². The lowest BCUT2D eigenvalue weighted by molar-refractivity contribution is 1.23. The second-order valence-corrected chi connectivity index (χ2v) is 4.72. The normalized spacial score (nSPS) is 13.8. The van der Waals surface area contributed by atoms with Crippen molar-refractivity contribution in [1.29, 1.82) is 5.26 Å². The minimum absolute atomic E-state index is 0.691. The summed E-state index contributed by atoms with van der Waals surface area (Å²) >= 11 is 1.65. The quantitative estimate of drug-likeness (QED) is 0.836. The van der Waals surface area contributed by atoms with Gasteiger partial charge in [0, 0.05) is 22.8 Å². The Balaban J connectivity index is 2.24. The second kappa shape index (κ2) is 4.52. The van der Waals surface area contributed by atoms with Gasteiger partial charge in [-0.05, 0) is 40.4 Å². The minimum Gasteiger partial charge on any atom is -0.361 e. The van der Waals surface area contributed by atoms with Gasteiger partial charge in [-0.2, -0.15) is 16.6 Å². The van der Waals surface area contributed by atoms with Crippen molar-refractivity contribution in [2.45, 2.75) is 0 Å². The molecule has 1 N–H and O–H groups in total. The van der Waals surface area contributed by atoms with E-state index in [4.69, 9.17) is 5.26 Å². The molecule has 3 heteroatoms. The average molecular weight is 250 g/mol. The van der Waals surface area contributed by atoms with Crippen molar-refractivity contribution in [2.75, 3.05) is 0 Å². The molecule has 0 fully saturated rings. The van der Waals surface area contributed by atoms with E-state index in [1.165, 1.54) is 5.39 Å². The summed E-state index contributed by atoms with van der Waals surface area (Å²) in [5, 5.41) is 18.8. The molecule has 2 heterocycles. The highest BCUT2D eigenvalue weighted by Gasteiger charge is 2.09. The van der Waals surface area contributed by atoms with Crippen molar-refractivity contribution in [3.8, 4) is 6.07 Å². The van der Waals surface area contributed by atoms with E-state index < -0.39 is 0 Å². The Morgan fingerprint density at radius 2 is 2.06 bits per heavy atom. The first kappa shape index (κ1) is 10.8. The molecular formula is C15H10N2S. The highest BCUT2D eigenvalue weighted by atomic mass is 32.1. The van der Waals surface area contributed by atoms with Crippen LogP contribution in [0, 0.1) is 11.3 Å². The summed E-state index contributed by atoms with van der Waals surface area (Å²) in [6.07, 6.45) is 9.82. The molecule has 0 aliphatic carbocycles. The van der Waals surface area contributed by atoms with Crippen LogP contribution < -0.4 is 5.32 Å². The van der Waals surface area contributed by atoms with Crippen molar-refractivity contribution in [1.82, 2.24) is 5.32 Å². The smallest absolute Gasteiger partial charge is 0.0992 e. The molecule has 86 valence electrons. The van der Waals surface area contributed by atoms with E-state index in [-0.39, 0.29) is 0 Å². The van der Waals surface area contributed by atoms with Gasteiger partial charge in [-0.1, -0.05) is 12.2 Å². The molecule has 1 aromatic carbocycles. The van der Waals surface area contributed by atoms with Crippen LogP contribution in [0.4, 0.5) is 0 Å². The number of hydrogen-bond acceptors (Lipinski definition) is 3. The third kappa shape index (κ3) is 1.83. The van der Waals surface area contributed by atoms with Crippen LogP contribution >= 0.6 is 11.3 Å². The lowest BCUT2D eigenvalue weighted by Crippen LogP contribution is -2.03. The van der Waals surface area contributed by atoms with Crippen LogP contribution in [-0.2, 0) is 0 Å². The number of benzene rings is 1. The predicted octanol–water partition coefficient (Wildman–Crippen LogP) is 3.79. The first-order valence-electron chi connectivity index (χ1n) is 5.59. The van der Waals surface area contributed by atoms with Crippen molar-refractivity contribution < 1.29 is 0 Å². The maximum atomic E-state index is 9.10. The van der Waals surface area contributed by atoms with Crippen LogP contribution in [0.1, 0.15) is 11.1 Å². The summed E-state index contributed by atoms with van der Waals surface area (Å²) in [4.78, 5) is 0. The van der Waals surface area contributed by atoms with Crippen molar-refractivity contribution in [3.05, 3.63) is 64.5 Å². The monoisotopic (exact) mass is 250 g/mol. The van der Waals surface area contributed by atoms with Gasteiger partial charge in [-0.25, -0.2) is 0 Å². The number of nitrogens with zero attached hydrogens (tertiary/aromatic N) is 1. The van der Waals surface area contributed by atoms with Gasteiger partial charge < -0.3 is 5.32 Å². The second-order valence-electron chi connectivity index (χ2n) is 3.98. The van der Waals surface area contributed by atoms with E-state index in [2.05, 4.69) is 22.1 Å². The summed E-state index contributed by atoms with van der Waals surface area (Å²) < 4.78 is 0. The van der Waals surface area contributed by atoms with Gasteiger partial charge in [0.15, 0.2) is 0 Å². The summed E-state index contributed by atoms with van der Waals surface area (Å²) in [5.74, 6) is 0. The molecule has 0 saturated carbocycles. The fraction of sp³-hybridized carbons (Fsp3) is 0. The van der Waals surface area contributed by atoms with Crippen LogP contribution in [0.3, 0.4) is 0 Å². The number of thiophene rings is 1. The first-order valence-corrected chi connectivity index (χ1v) is 6.53. The van der Waals surface area contributed by atoms with Gasteiger partial charge in [0.2, 0.25) is 0 Å². The Bertz CT molecular complexity index is 727. The lowest BCUT2D eigenvalue weighted by atomic mass is 10.0. The van der Waals surface area contributed by atoms with E-state index >= 15 is 0 Å². The predicted molar refractivity (Wildman–Crippen MR) is 75.9 cm³/mol. The third-order valence-corrected chi connectivity index (χ3v) is 3.59. The molecule has 3 rings (SSSR count). The summed E-state index contributed by atoms with van der Waals surface area (Å²) in [6.45, 7) is 0. The minimum atomic E-state index is 0.691. The molecule has 0 amide bonds. The van der Waals surface area contributed by atoms with Crippen molar-refractivity contribution in [2.24, 2.45) is 0 Å². The average Bonchev–Trinajstić information content (AvgIpc) is 2.70. The van der Waals surface area contributed by atoms with Gasteiger partial charge in [0.1, 0.15) is 0 Å². The van der Waals surface area contributed by atoms with E-state index in [9.17, 15) is 0 Å². The van der Waals surface area contributed by atoms with E-state index in [0.717, 1.165) is 16.6 Å². The molecule has 2 nitrogen and oxygen atoms in total. The molecule has 1 aliphatic heterocycles. The molecule has 0 unspecified atom stereocenters. The Labute approximate surface area is 109 Å². The third-order valence-electron chi connectivity index (χ3n) is 2.83. The van der Waals surface area contributed by atoms with E-state index in [1.54, 1.807) is 11.3 Å². The Morgan fingerprint density at radius 1 is 1.11 bits per heavy atom. The van der Waals surface area contributed by atoms with Crippen LogP contribution in [0.2, 0.25) is 0 Å². The number of fused-ring (bicyclic) bond motifs is 1. The fourth-order valence-electron chi connectivity index (χ4n) is 1.99. The number of hydrogen-bond donors (Lipinski definition) is 1. The molecule has 18 heavy (non-hydrogen) atoms. The molecule has 0 atom stereocenters. The van der Waals surface area contributed by atoms with Gasteiger partial charge in [0.25, 0.3) is 0 Å². The molecular weight excluding hydrogens is 240 g/mol. The Morgan fingerprint density at radius 3 is 2.94 bits per heavy atom. The highest BCUT2D eigenvalue weighted by molar-refractivity contribution is 7.09. The largest absolute Gasteiger partial charge is 0.361 e. The first-order chi connectivity index (χ1) is 8.88. The van der Waals surface area contributed by atoms with Gasteiger partial charge in [-0.15, -0.1) is 0 Å². The zero-order chi connectivity index (χ0) is 12.4. The lowest BCUT2D eigenvalue weighted by Gasteiger charge is -2.08. The SMILES string of the molecule is N#Cc1cc(C2=CC=CC=CN2)c2cscc2c1. The molecule has 1 aromatic heterocycles. The van der Waals surface area contributed by atoms with E-state index in [0.29, 0.717) is 5.56 Å². The zero-order valence-corrected chi connectivity index (χ0v) is 10.4. The molecule has 0 radical (unpaired) electrons. The maximum absolute atomic E-state index is 9.10. The summed E-state index contributed by atoms with van der Waals surface area (Å²) in [5.41, 5.74) is 2.78. The van der Waals surface area contributed by atoms with Crippen LogP contribution in [0.5, 0.6) is 0 Å². The number of rotatable bonds is 1. The molecule has 0 spiro atoms. The molecule has 1 aliphatic rings. The van der Waals surface area contributed by atoms with Crippen molar-refractivity contribution >= 4 is 27.8 Å². The van der Waals surface area contributed by atoms with Gasteiger partial charge in [-0.3, -0.25) is 0 Å². The van der Waals surface area contributed by atoms with Gasteiger partial charge in [0.05, 0.1) is 11.6 Å². The zero-order valence-electron chi connectivity index (χ0n) is 9.55. The Kier molecular flexibility index (Phi) is 2.71. The maximum Gasteiger partial charge on any atom is 0.0992 e. The molecule has 0 bridgehead atoms. The topological polar surface area (TPSA) is 35.8 Å². The summed E-state index contributed by atoms with van der Waals surface area (Å²) in [6, 6.07) is 6.08. The fourth-order valence-corrected chi connectivity index (χ4v) is 2.80. The molecule has 2 aromatic rings. The number of nitrogens with one attached hydrogen (secondary N) is 1. The van der Waals surface area contributed by atoms with Crippen LogP contribution in [0.15, 0.2) is 53.4 Å². The van der Waals surface area contributed by atoms with Crippen molar-refractivity contribution in [3.63, 3.8) is 0 Å². The number of nitriles is 1. The Hall–Kier alpha value is -2.31.